The SMILES string of the molecule is COc1cc(C2CCN(C3CCN(C(C)=O)CC3)CC2)ccc1Nc1ncc(Cl)c(Nc2ccccc2CNS(=O)O)n1. The number of benzene rings is 2. The predicted molar refractivity (Wildman–Crippen MR) is 169 cm³/mol. The molecule has 0 saturated carbocycles. The molecule has 0 radical (unpaired) electrons. The van der Waals surface area contributed by atoms with Gasteiger partial charge in [0, 0.05) is 38.3 Å². The number of nitrogens with zero attached hydrogens (tertiary/aromatic N) is 4. The Morgan fingerprint density at radius 2 is 1.81 bits per heavy atom. The van der Waals surface area contributed by atoms with Crippen LogP contribution in [0.25, 0.3) is 0 Å². The minimum Gasteiger partial charge on any atom is -0.495 e. The molecule has 1 amide bonds. The fourth-order valence-corrected chi connectivity index (χ4v) is 6.33. The Bertz CT molecular complexity index is 1450. The molecule has 4 N–H and O–H groups in total. The third kappa shape index (κ3) is 8.01. The van der Waals surface area contributed by atoms with E-state index in [0.29, 0.717) is 40.2 Å². The number of carbonyl (C=O) groups is 1. The molecule has 5 rings (SSSR count). The van der Waals surface area contributed by atoms with Crippen molar-refractivity contribution in [1.29, 1.82) is 0 Å². The molecule has 3 heterocycles. The molecule has 2 aromatic carbocycles. The molecule has 1 atom stereocenters. The monoisotopic (exact) mass is 627 g/mol. The van der Waals surface area contributed by atoms with Gasteiger partial charge in [-0.1, -0.05) is 35.9 Å². The van der Waals surface area contributed by atoms with E-state index in [1.807, 2.05) is 35.2 Å². The molecule has 0 aliphatic carbocycles. The van der Waals surface area contributed by atoms with E-state index >= 15 is 0 Å². The zero-order valence-corrected chi connectivity index (χ0v) is 26.0. The van der Waals surface area contributed by atoms with Gasteiger partial charge >= 0.3 is 0 Å². The topological polar surface area (TPSA) is 132 Å². The zero-order valence-electron chi connectivity index (χ0n) is 24.4. The Morgan fingerprint density at radius 1 is 1.07 bits per heavy atom. The maximum atomic E-state index is 11.7. The van der Waals surface area contributed by atoms with Gasteiger partial charge in [0.05, 0.1) is 19.0 Å². The lowest BCUT2D eigenvalue weighted by Gasteiger charge is -2.41. The van der Waals surface area contributed by atoms with Crippen LogP contribution in [0.3, 0.4) is 0 Å². The molecule has 0 spiro atoms. The van der Waals surface area contributed by atoms with Gasteiger partial charge in [0.25, 0.3) is 0 Å². The van der Waals surface area contributed by atoms with Gasteiger partial charge < -0.3 is 25.2 Å². The number of halogens is 1. The summed E-state index contributed by atoms with van der Waals surface area (Å²) in [6, 6.07) is 14.2. The standard InChI is InChI=1S/C30H38ClN7O4S/c1-20(39)37-15-11-24(12-16-37)38-13-9-21(10-14-38)22-7-8-27(28(17-22)42-2)35-30-32-19-25(31)29(36-30)34-26-6-4-3-5-23(26)18-33-43(40)41/h3-8,17,19,21,24,33H,9-16,18H2,1-2H3,(H,40,41)(H2,32,34,35,36). The van der Waals surface area contributed by atoms with Crippen LogP contribution < -0.4 is 20.1 Å². The first-order valence-corrected chi connectivity index (χ1v) is 16.0. The van der Waals surface area contributed by atoms with Gasteiger partial charge in [-0.05, 0) is 74.0 Å². The van der Waals surface area contributed by atoms with E-state index in [2.05, 4.69) is 42.4 Å². The highest BCUT2D eigenvalue weighted by molar-refractivity contribution is 7.77. The van der Waals surface area contributed by atoms with Gasteiger partial charge in [-0.2, -0.15) is 4.98 Å². The highest BCUT2D eigenvalue weighted by atomic mass is 35.5. The second-order valence-electron chi connectivity index (χ2n) is 10.9. The second kappa shape index (κ2) is 14.5. The molecule has 1 aromatic heterocycles. The third-order valence-electron chi connectivity index (χ3n) is 8.30. The molecular formula is C30H38ClN7O4S. The molecule has 2 aliphatic rings. The number of carbonyl (C=O) groups excluding carboxylic acids is 1. The lowest BCUT2D eigenvalue weighted by Crippen LogP contribution is -2.48. The average Bonchev–Trinajstić information content (AvgIpc) is 3.02. The van der Waals surface area contributed by atoms with Crippen molar-refractivity contribution in [2.24, 2.45) is 0 Å². The van der Waals surface area contributed by atoms with Gasteiger partial charge in [0.15, 0.2) is 5.82 Å². The lowest BCUT2D eigenvalue weighted by molar-refractivity contribution is -0.130. The number of ether oxygens (including phenoxy) is 1. The minimum absolute atomic E-state index is 0.179. The van der Waals surface area contributed by atoms with E-state index in [1.54, 1.807) is 14.0 Å². The first-order valence-electron chi connectivity index (χ1n) is 14.5. The van der Waals surface area contributed by atoms with Crippen LogP contribution >= 0.6 is 11.6 Å². The van der Waals surface area contributed by atoms with Crippen LogP contribution in [0.1, 0.15) is 49.7 Å². The summed E-state index contributed by atoms with van der Waals surface area (Å²) < 4.78 is 28.4. The van der Waals surface area contributed by atoms with Crippen molar-refractivity contribution in [3.63, 3.8) is 0 Å². The number of nitrogens with one attached hydrogen (secondary N) is 3. The maximum Gasteiger partial charge on any atom is 0.232 e. The van der Waals surface area contributed by atoms with E-state index in [0.717, 1.165) is 63.1 Å². The molecule has 2 aliphatic heterocycles. The first kappa shape index (κ1) is 31.1. The molecule has 0 bridgehead atoms. The summed E-state index contributed by atoms with van der Waals surface area (Å²) in [4.78, 5) is 25.2. The molecule has 230 valence electrons. The number of aromatic nitrogens is 2. The third-order valence-corrected chi connectivity index (χ3v) is 8.97. The summed E-state index contributed by atoms with van der Waals surface area (Å²) in [5.41, 5.74) is 3.46. The Morgan fingerprint density at radius 3 is 2.51 bits per heavy atom. The fourth-order valence-electron chi connectivity index (χ4n) is 5.91. The van der Waals surface area contributed by atoms with Crippen LogP contribution in [-0.4, -0.2) is 73.8 Å². The van der Waals surface area contributed by atoms with Gasteiger partial charge in [-0.15, -0.1) is 0 Å². The number of hydrogen-bond donors (Lipinski definition) is 4. The van der Waals surface area contributed by atoms with Crippen LogP contribution in [0.5, 0.6) is 5.75 Å². The largest absolute Gasteiger partial charge is 0.495 e. The van der Waals surface area contributed by atoms with Gasteiger partial charge in [-0.3, -0.25) is 9.35 Å². The van der Waals surface area contributed by atoms with Crippen molar-refractivity contribution in [3.05, 3.63) is 64.8 Å². The number of rotatable bonds is 10. The van der Waals surface area contributed by atoms with Crippen LogP contribution in [0.2, 0.25) is 5.02 Å². The summed E-state index contributed by atoms with van der Waals surface area (Å²) in [6.07, 6.45) is 5.80. The summed E-state index contributed by atoms with van der Waals surface area (Å²) in [5, 5.41) is 6.80. The van der Waals surface area contributed by atoms with Crippen molar-refractivity contribution >= 4 is 51.9 Å². The number of anilines is 4. The zero-order chi connectivity index (χ0) is 30.3. The molecule has 11 nitrogen and oxygen atoms in total. The first-order chi connectivity index (χ1) is 20.8. The molecule has 2 saturated heterocycles. The fraction of sp³-hybridized carbons (Fsp3) is 0.433. The maximum absolute atomic E-state index is 11.7. The molecule has 43 heavy (non-hydrogen) atoms. The smallest absolute Gasteiger partial charge is 0.232 e. The molecule has 1 unspecified atom stereocenters. The van der Waals surface area contributed by atoms with E-state index in [1.165, 1.54) is 11.8 Å². The number of amides is 1. The quantitative estimate of drug-likeness (QED) is 0.228. The highest BCUT2D eigenvalue weighted by Gasteiger charge is 2.29. The van der Waals surface area contributed by atoms with Gasteiger partial charge in [0.2, 0.25) is 23.1 Å². The minimum atomic E-state index is -2.13. The molecule has 3 aromatic rings. The van der Waals surface area contributed by atoms with Gasteiger partial charge in [0.1, 0.15) is 10.8 Å². The summed E-state index contributed by atoms with van der Waals surface area (Å²) >= 11 is 4.28. The van der Waals surface area contributed by atoms with E-state index in [4.69, 9.17) is 20.9 Å². The van der Waals surface area contributed by atoms with Crippen molar-refractivity contribution in [2.45, 2.75) is 51.1 Å². The average molecular weight is 628 g/mol. The van der Waals surface area contributed by atoms with Crippen LogP contribution in [0.15, 0.2) is 48.7 Å². The normalized spacial score (nSPS) is 17.4. The van der Waals surface area contributed by atoms with E-state index in [-0.39, 0.29) is 12.5 Å². The Balaban J connectivity index is 1.22. The second-order valence-corrected chi connectivity index (χ2v) is 12.1. The van der Waals surface area contributed by atoms with Crippen molar-refractivity contribution in [3.8, 4) is 5.75 Å². The molecular weight excluding hydrogens is 590 g/mol. The van der Waals surface area contributed by atoms with Crippen LogP contribution in [-0.2, 0) is 22.6 Å². The Labute approximate surface area is 259 Å². The van der Waals surface area contributed by atoms with Gasteiger partial charge in [-0.25, -0.2) is 13.9 Å². The number of hydrogen-bond acceptors (Lipinski definition) is 8. The summed E-state index contributed by atoms with van der Waals surface area (Å²) in [7, 11) is 1.65. The van der Waals surface area contributed by atoms with Crippen molar-refractivity contribution in [2.75, 3.05) is 43.9 Å². The van der Waals surface area contributed by atoms with Crippen LogP contribution in [0.4, 0.5) is 23.1 Å². The Kier molecular flexibility index (Phi) is 10.5. The number of likely N-dealkylation sites (tertiary alicyclic amines) is 2. The number of piperidine rings is 2. The highest BCUT2D eigenvalue weighted by Crippen LogP contribution is 2.36. The van der Waals surface area contributed by atoms with Crippen molar-refractivity contribution in [1.82, 2.24) is 24.5 Å². The predicted octanol–water partition coefficient (Wildman–Crippen LogP) is 5.04. The lowest BCUT2D eigenvalue weighted by atomic mass is 9.87. The summed E-state index contributed by atoms with van der Waals surface area (Å²) in [6.45, 7) is 5.68. The van der Waals surface area contributed by atoms with E-state index in [9.17, 15) is 9.00 Å². The van der Waals surface area contributed by atoms with E-state index < -0.39 is 11.3 Å². The number of methoxy groups -OCH3 is 1. The number of para-hydroxylation sites is 1. The Hall–Kier alpha value is -3.29. The van der Waals surface area contributed by atoms with Crippen molar-refractivity contribution < 1.29 is 18.3 Å². The molecule has 2 fully saturated rings. The molecule has 13 heteroatoms. The van der Waals surface area contributed by atoms with Crippen LogP contribution in [0, 0.1) is 0 Å². The summed E-state index contributed by atoms with van der Waals surface area (Å²) in [5.74, 6) is 2.08.